The van der Waals surface area contributed by atoms with Gasteiger partial charge in [-0.1, -0.05) is 23.9 Å². The zero-order valence-electron chi connectivity index (χ0n) is 18.5. The van der Waals surface area contributed by atoms with E-state index in [4.69, 9.17) is 9.15 Å². The van der Waals surface area contributed by atoms with Gasteiger partial charge in [0.15, 0.2) is 17.3 Å². The number of halogens is 3. The molecular weight excluding hydrogens is 455 g/mol. The van der Waals surface area contributed by atoms with E-state index in [9.17, 15) is 13.2 Å². The number of aromatic nitrogens is 4. The number of rotatable bonds is 8. The fourth-order valence-electron chi connectivity index (χ4n) is 3.75. The number of aryl methyl sites for hydroxylation is 1. The fraction of sp³-hybridized carbons (Fsp3) is 0.500. The number of thioether (sulfide) groups is 1. The summed E-state index contributed by atoms with van der Waals surface area (Å²) in [7, 11) is 1.91. The molecule has 1 aliphatic rings. The van der Waals surface area contributed by atoms with E-state index in [1.54, 1.807) is 11.8 Å². The van der Waals surface area contributed by atoms with Crippen LogP contribution in [-0.2, 0) is 18.0 Å². The van der Waals surface area contributed by atoms with E-state index in [2.05, 4.69) is 20.1 Å². The minimum Gasteiger partial charge on any atom is -0.440 e. The summed E-state index contributed by atoms with van der Waals surface area (Å²) in [6.45, 7) is 4.87. The predicted molar refractivity (Wildman–Crippen MR) is 118 cm³/mol. The minimum absolute atomic E-state index is 0.202. The van der Waals surface area contributed by atoms with Crippen molar-refractivity contribution in [2.75, 3.05) is 32.0 Å². The van der Waals surface area contributed by atoms with E-state index < -0.39 is 11.7 Å². The molecule has 3 aromatic rings. The van der Waals surface area contributed by atoms with E-state index in [0.29, 0.717) is 24.7 Å². The van der Waals surface area contributed by atoms with Gasteiger partial charge in [-0.15, -0.1) is 10.2 Å². The first-order chi connectivity index (χ1) is 15.8. The molecule has 2 aromatic heterocycles. The lowest BCUT2D eigenvalue weighted by atomic mass is 10.0. The number of morpholine rings is 1. The molecule has 1 aliphatic heterocycles. The molecular formula is C22H26F3N5O2S. The second kappa shape index (κ2) is 10.3. The Labute approximate surface area is 194 Å². The van der Waals surface area contributed by atoms with Crippen molar-refractivity contribution < 1.29 is 22.3 Å². The summed E-state index contributed by atoms with van der Waals surface area (Å²) in [5, 5.41) is 9.31. The highest BCUT2D eigenvalue weighted by molar-refractivity contribution is 7.99. The topological polar surface area (TPSA) is 69.2 Å². The number of hydrogen-bond acceptors (Lipinski definition) is 7. The van der Waals surface area contributed by atoms with Gasteiger partial charge < -0.3 is 13.7 Å². The summed E-state index contributed by atoms with van der Waals surface area (Å²) in [6.07, 6.45) is -1.10. The number of nitrogens with zero attached hydrogens (tertiary/aromatic N) is 5. The van der Waals surface area contributed by atoms with Gasteiger partial charge >= 0.3 is 6.18 Å². The highest BCUT2D eigenvalue weighted by Crippen LogP contribution is 2.31. The largest absolute Gasteiger partial charge is 0.440 e. The first-order valence-electron chi connectivity index (χ1n) is 10.8. The van der Waals surface area contributed by atoms with Gasteiger partial charge in [0, 0.05) is 25.9 Å². The summed E-state index contributed by atoms with van der Waals surface area (Å²) in [6, 6.07) is 5.28. The van der Waals surface area contributed by atoms with E-state index in [1.807, 2.05) is 18.5 Å². The Bertz CT molecular complexity index is 1050. The van der Waals surface area contributed by atoms with Crippen molar-refractivity contribution in [2.45, 2.75) is 37.2 Å². The van der Waals surface area contributed by atoms with Gasteiger partial charge in [-0.05, 0) is 44.0 Å². The maximum Gasteiger partial charge on any atom is 0.416 e. The Morgan fingerprint density at radius 3 is 2.64 bits per heavy atom. The quantitative estimate of drug-likeness (QED) is 0.340. The van der Waals surface area contributed by atoms with Crippen molar-refractivity contribution in [1.82, 2.24) is 24.6 Å². The molecule has 3 heterocycles. The van der Waals surface area contributed by atoms with Crippen LogP contribution in [0.15, 0.2) is 40.2 Å². The number of alkyl halides is 3. The third-order valence-corrected chi connectivity index (χ3v) is 6.75. The first-order valence-corrected chi connectivity index (χ1v) is 11.7. The van der Waals surface area contributed by atoms with E-state index >= 15 is 0 Å². The molecule has 7 nitrogen and oxygen atoms in total. The molecule has 1 fully saturated rings. The van der Waals surface area contributed by atoms with Crippen molar-refractivity contribution >= 4 is 11.8 Å². The van der Waals surface area contributed by atoms with Crippen LogP contribution in [-0.4, -0.2) is 56.6 Å². The van der Waals surface area contributed by atoms with Crippen molar-refractivity contribution in [1.29, 1.82) is 0 Å². The maximum absolute atomic E-state index is 12.8. The van der Waals surface area contributed by atoms with Crippen molar-refractivity contribution in [3.05, 3.63) is 47.5 Å². The lowest BCUT2D eigenvalue weighted by Gasteiger charge is -2.33. The monoisotopic (exact) mass is 481 g/mol. The standard InChI is InChI=1S/C22H26F3N5O2S/c1-15-19(32-14-26-15)20-27-28-21(29(20)2)33-12-4-3-9-30-10-11-31-18(13-30)16-5-7-17(8-6-16)22(23,24)25/h5-8,14,18H,3-4,9-13H2,1-2H3/t18-/m1/s1. The Hall–Kier alpha value is -2.37. The number of oxazole rings is 1. The normalized spacial score (nSPS) is 17.5. The van der Waals surface area contributed by atoms with Gasteiger partial charge in [-0.2, -0.15) is 13.2 Å². The highest BCUT2D eigenvalue weighted by atomic mass is 32.2. The van der Waals surface area contributed by atoms with Crippen LogP contribution >= 0.6 is 11.8 Å². The van der Waals surface area contributed by atoms with Gasteiger partial charge in [0.2, 0.25) is 5.82 Å². The molecule has 1 saturated heterocycles. The summed E-state index contributed by atoms with van der Waals surface area (Å²) < 4.78 is 51.5. The predicted octanol–water partition coefficient (Wildman–Crippen LogP) is 4.74. The van der Waals surface area contributed by atoms with Gasteiger partial charge in [-0.3, -0.25) is 4.90 Å². The SMILES string of the molecule is Cc1ncoc1-c1nnc(SCCCCN2CCO[C@@H](c3ccc(C(F)(F)F)cc3)C2)n1C. The molecule has 0 bridgehead atoms. The smallest absolute Gasteiger partial charge is 0.416 e. The van der Waals surface area contributed by atoms with Crippen LogP contribution in [0, 0.1) is 6.92 Å². The molecule has 11 heteroatoms. The Balaban J connectivity index is 1.21. The lowest BCUT2D eigenvalue weighted by molar-refractivity contribution is -0.137. The summed E-state index contributed by atoms with van der Waals surface area (Å²) in [5.74, 6) is 2.20. The van der Waals surface area contributed by atoms with Crippen LogP contribution in [0.1, 0.15) is 35.8 Å². The van der Waals surface area contributed by atoms with Gasteiger partial charge in [-0.25, -0.2) is 4.98 Å². The second-order valence-corrected chi connectivity index (χ2v) is 9.03. The molecule has 0 N–H and O–H groups in total. The lowest BCUT2D eigenvalue weighted by Crippen LogP contribution is -2.38. The molecule has 0 radical (unpaired) electrons. The average Bonchev–Trinajstić information content (AvgIpc) is 3.38. The van der Waals surface area contributed by atoms with Gasteiger partial charge in [0.25, 0.3) is 0 Å². The molecule has 33 heavy (non-hydrogen) atoms. The molecule has 1 atom stereocenters. The van der Waals surface area contributed by atoms with Crippen molar-refractivity contribution in [3.63, 3.8) is 0 Å². The van der Waals surface area contributed by atoms with Crippen LogP contribution in [0.4, 0.5) is 13.2 Å². The van der Waals surface area contributed by atoms with Crippen LogP contribution in [0.5, 0.6) is 0 Å². The molecule has 0 saturated carbocycles. The van der Waals surface area contributed by atoms with Crippen molar-refractivity contribution in [3.8, 4) is 11.6 Å². The zero-order chi connectivity index (χ0) is 23.4. The Morgan fingerprint density at radius 1 is 1.15 bits per heavy atom. The number of hydrogen-bond donors (Lipinski definition) is 0. The summed E-state index contributed by atoms with van der Waals surface area (Å²) >= 11 is 1.65. The summed E-state index contributed by atoms with van der Waals surface area (Å²) in [5.41, 5.74) is 0.924. The van der Waals surface area contributed by atoms with Crippen LogP contribution in [0.3, 0.4) is 0 Å². The van der Waals surface area contributed by atoms with E-state index in [-0.39, 0.29) is 6.10 Å². The summed E-state index contributed by atoms with van der Waals surface area (Å²) in [4.78, 5) is 6.41. The number of unbranched alkanes of at least 4 members (excludes halogenated alkanes) is 1. The third-order valence-electron chi connectivity index (χ3n) is 5.64. The van der Waals surface area contributed by atoms with E-state index in [1.165, 1.54) is 18.5 Å². The minimum atomic E-state index is -4.32. The molecule has 0 amide bonds. The third kappa shape index (κ3) is 5.77. The fourth-order valence-corrected chi connectivity index (χ4v) is 4.66. The Kier molecular flexibility index (Phi) is 7.40. The zero-order valence-corrected chi connectivity index (χ0v) is 19.3. The molecule has 0 aliphatic carbocycles. The molecule has 0 unspecified atom stereocenters. The molecule has 1 aromatic carbocycles. The van der Waals surface area contributed by atoms with Gasteiger partial charge in [0.05, 0.1) is 24.0 Å². The number of ether oxygens (including phenoxy) is 1. The maximum atomic E-state index is 12.8. The average molecular weight is 482 g/mol. The van der Waals surface area contributed by atoms with Crippen molar-refractivity contribution in [2.24, 2.45) is 7.05 Å². The molecule has 178 valence electrons. The Morgan fingerprint density at radius 2 is 1.94 bits per heavy atom. The van der Waals surface area contributed by atoms with E-state index in [0.717, 1.165) is 60.2 Å². The van der Waals surface area contributed by atoms with Crippen LogP contribution in [0.2, 0.25) is 0 Å². The van der Waals surface area contributed by atoms with Crippen LogP contribution in [0.25, 0.3) is 11.6 Å². The number of benzene rings is 1. The molecule has 4 rings (SSSR count). The first kappa shape index (κ1) is 23.8. The van der Waals surface area contributed by atoms with Crippen LogP contribution < -0.4 is 0 Å². The molecule has 0 spiro atoms. The second-order valence-electron chi connectivity index (χ2n) is 7.97. The van der Waals surface area contributed by atoms with Gasteiger partial charge in [0.1, 0.15) is 0 Å². The highest BCUT2D eigenvalue weighted by Gasteiger charge is 2.30.